The number of nitrogens with zero attached hydrogens (tertiary/aromatic N) is 2. The molecule has 1 aromatic carbocycles. The minimum absolute atomic E-state index is 0.0368. The first kappa shape index (κ1) is 14.6. The van der Waals surface area contributed by atoms with Gasteiger partial charge in [-0.3, -0.25) is 4.79 Å². The first-order valence-corrected chi connectivity index (χ1v) is 5.96. The van der Waals surface area contributed by atoms with Crippen LogP contribution in [0.2, 0.25) is 10.0 Å². The molecule has 0 aliphatic carbocycles. The molecule has 0 heterocycles. The molecule has 1 aromatic rings. The molecular weight excluding hydrogens is 277 g/mol. The van der Waals surface area contributed by atoms with Gasteiger partial charge in [-0.05, 0) is 25.1 Å². The van der Waals surface area contributed by atoms with E-state index < -0.39 is 0 Å². The van der Waals surface area contributed by atoms with Gasteiger partial charge in [0.15, 0.2) is 5.84 Å². The average molecular weight is 290 g/mol. The number of hydrogen-bond acceptors (Lipinski definition) is 3. The van der Waals surface area contributed by atoms with Crippen molar-refractivity contribution in [2.45, 2.75) is 6.92 Å². The number of nitrogens with two attached hydrogens (primary N) is 1. The second-order valence-electron chi connectivity index (χ2n) is 3.54. The zero-order valence-corrected chi connectivity index (χ0v) is 11.2. The third kappa shape index (κ3) is 3.51. The Morgan fingerprint density at radius 1 is 1.44 bits per heavy atom. The third-order valence-electron chi connectivity index (χ3n) is 2.32. The Bertz CT molecular complexity index is 477. The number of halogens is 2. The van der Waals surface area contributed by atoms with Gasteiger partial charge in [-0.25, -0.2) is 0 Å². The van der Waals surface area contributed by atoms with E-state index in [1.807, 2.05) is 0 Å². The average Bonchev–Trinajstić information content (AvgIpc) is 2.38. The number of amides is 1. The van der Waals surface area contributed by atoms with E-state index in [-0.39, 0.29) is 18.3 Å². The SMILES string of the molecule is CCN(CC(N)=NO)C(=O)c1ccc(Cl)c(Cl)c1. The molecule has 0 radical (unpaired) electrons. The number of rotatable bonds is 4. The number of hydrogen-bond donors (Lipinski definition) is 2. The standard InChI is InChI=1S/C11H13Cl2N3O2/c1-2-16(6-10(14)15-18)11(17)7-3-4-8(12)9(13)5-7/h3-5,18H,2,6H2,1H3,(H2,14,15). The van der Waals surface area contributed by atoms with Crippen LogP contribution in [0.15, 0.2) is 23.4 Å². The van der Waals surface area contributed by atoms with Crippen LogP contribution in [-0.4, -0.2) is 34.9 Å². The molecule has 98 valence electrons. The van der Waals surface area contributed by atoms with E-state index in [4.69, 9.17) is 34.1 Å². The van der Waals surface area contributed by atoms with Crippen molar-refractivity contribution in [1.82, 2.24) is 4.90 Å². The highest BCUT2D eigenvalue weighted by Crippen LogP contribution is 2.23. The zero-order valence-electron chi connectivity index (χ0n) is 9.73. The number of oxime groups is 1. The predicted octanol–water partition coefficient (Wildman–Crippen LogP) is 2.20. The maximum absolute atomic E-state index is 12.1. The van der Waals surface area contributed by atoms with Crippen LogP contribution in [0, 0.1) is 0 Å². The van der Waals surface area contributed by atoms with Crippen LogP contribution >= 0.6 is 23.2 Å². The molecule has 0 unspecified atom stereocenters. The molecule has 7 heteroatoms. The van der Waals surface area contributed by atoms with Crippen LogP contribution in [0.4, 0.5) is 0 Å². The van der Waals surface area contributed by atoms with E-state index in [1.165, 1.54) is 11.0 Å². The minimum atomic E-state index is -0.261. The topological polar surface area (TPSA) is 78.9 Å². The molecule has 0 spiro atoms. The molecular formula is C11H13Cl2N3O2. The van der Waals surface area contributed by atoms with Crippen LogP contribution in [0.1, 0.15) is 17.3 Å². The highest BCUT2D eigenvalue weighted by atomic mass is 35.5. The summed E-state index contributed by atoms with van der Waals surface area (Å²) in [5.41, 5.74) is 5.78. The number of carbonyl (C=O) groups excluding carboxylic acids is 1. The van der Waals surface area contributed by atoms with Gasteiger partial charge in [-0.1, -0.05) is 28.4 Å². The van der Waals surface area contributed by atoms with E-state index in [0.717, 1.165) is 0 Å². The van der Waals surface area contributed by atoms with Gasteiger partial charge in [0.1, 0.15) is 0 Å². The molecule has 0 aromatic heterocycles. The lowest BCUT2D eigenvalue weighted by Gasteiger charge is -2.20. The molecule has 0 aliphatic rings. The summed E-state index contributed by atoms with van der Waals surface area (Å²) in [7, 11) is 0. The van der Waals surface area contributed by atoms with Crippen molar-refractivity contribution in [3.8, 4) is 0 Å². The van der Waals surface area contributed by atoms with Crippen molar-refractivity contribution in [3.05, 3.63) is 33.8 Å². The molecule has 0 fully saturated rings. The van der Waals surface area contributed by atoms with Crippen molar-refractivity contribution in [2.24, 2.45) is 10.9 Å². The summed E-state index contributed by atoms with van der Waals surface area (Å²) in [5.74, 6) is -0.298. The van der Waals surface area contributed by atoms with E-state index >= 15 is 0 Å². The number of amidine groups is 1. The van der Waals surface area contributed by atoms with Gasteiger partial charge in [0, 0.05) is 12.1 Å². The normalized spacial score (nSPS) is 11.4. The smallest absolute Gasteiger partial charge is 0.254 e. The van der Waals surface area contributed by atoms with Crippen LogP contribution in [0.25, 0.3) is 0 Å². The fraction of sp³-hybridized carbons (Fsp3) is 0.273. The lowest BCUT2D eigenvalue weighted by Crippen LogP contribution is -2.38. The van der Waals surface area contributed by atoms with Crippen molar-refractivity contribution < 1.29 is 10.0 Å². The van der Waals surface area contributed by atoms with Crippen molar-refractivity contribution >= 4 is 34.9 Å². The lowest BCUT2D eigenvalue weighted by atomic mass is 10.2. The maximum Gasteiger partial charge on any atom is 0.254 e. The van der Waals surface area contributed by atoms with Gasteiger partial charge in [0.25, 0.3) is 5.91 Å². The molecule has 1 amide bonds. The van der Waals surface area contributed by atoms with E-state index in [2.05, 4.69) is 5.16 Å². The van der Waals surface area contributed by atoms with Crippen LogP contribution in [-0.2, 0) is 0 Å². The predicted molar refractivity (Wildman–Crippen MR) is 71.4 cm³/mol. The molecule has 18 heavy (non-hydrogen) atoms. The maximum atomic E-state index is 12.1. The van der Waals surface area contributed by atoms with E-state index in [1.54, 1.807) is 19.1 Å². The summed E-state index contributed by atoms with van der Waals surface area (Å²) in [6.45, 7) is 2.27. The summed E-state index contributed by atoms with van der Waals surface area (Å²) in [6, 6.07) is 4.61. The highest BCUT2D eigenvalue weighted by molar-refractivity contribution is 6.42. The Balaban J connectivity index is 2.93. The molecule has 0 bridgehead atoms. The second-order valence-corrected chi connectivity index (χ2v) is 4.35. The lowest BCUT2D eigenvalue weighted by molar-refractivity contribution is 0.0786. The van der Waals surface area contributed by atoms with E-state index in [9.17, 15) is 4.79 Å². The molecule has 3 N–H and O–H groups in total. The van der Waals surface area contributed by atoms with Gasteiger partial charge >= 0.3 is 0 Å². The third-order valence-corrected chi connectivity index (χ3v) is 3.06. The number of carbonyl (C=O) groups is 1. The fourth-order valence-electron chi connectivity index (χ4n) is 1.37. The van der Waals surface area contributed by atoms with Crippen molar-refractivity contribution in [2.75, 3.05) is 13.1 Å². The van der Waals surface area contributed by atoms with Crippen molar-refractivity contribution in [3.63, 3.8) is 0 Å². The highest BCUT2D eigenvalue weighted by Gasteiger charge is 2.16. The van der Waals surface area contributed by atoms with Gasteiger partial charge in [0.2, 0.25) is 0 Å². The fourth-order valence-corrected chi connectivity index (χ4v) is 1.66. The first-order valence-electron chi connectivity index (χ1n) is 5.20. The van der Waals surface area contributed by atoms with Crippen LogP contribution < -0.4 is 5.73 Å². The van der Waals surface area contributed by atoms with Gasteiger partial charge in [-0.15, -0.1) is 0 Å². The summed E-state index contributed by atoms with van der Waals surface area (Å²) in [5, 5.41) is 12.0. The second kappa shape index (κ2) is 6.47. The van der Waals surface area contributed by atoms with Gasteiger partial charge in [0.05, 0.1) is 16.6 Å². The van der Waals surface area contributed by atoms with Gasteiger partial charge in [-0.2, -0.15) is 0 Å². The summed E-state index contributed by atoms with van der Waals surface area (Å²) in [6.07, 6.45) is 0. The zero-order chi connectivity index (χ0) is 13.7. The largest absolute Gasteiger partial charge is 0.409 e. The van der Waals surface area contributed by atoms with Crippen LogP contribution in [0.3, 0.4) is 0 Å². The first-order chi connectivity index (χ1) is 8.49. The summed E-state index contributed by atoms with van der Waals surface area (Å²) < 4.78 is 0. The summed E-state index contributed by atoms with van der Waals surface area (Å²) >= 11 is 11.6. The Kier molecular flexibility index (Phi) is 5.25. The monoisotopic (exact) mass is 289 g/mol. The molecule has 0 saturated carbocycles. The summed E-state index contributed by atoms with van der Waals surface area (Å²) in [4.78, 5) is 13.5. The Morgan fingerprint density at radius 3 is 2.61 bits per heavy atom. The molecule has 1 rings (SSSR count). The number of benzene rings is 1. The van der Waals surface area contributed by atoms with Gasteiger partial charge < -0.3 is 15.8 Å². The quantitative estimate of drug-likeness (QED) is 0.386. The Morgan fingerprint density at radius 2 is 2.11 bits per heavy atom. The Labute approximate surface area is 115 Å². The molecule has 5 nitrogen and oxygen atoms in total. The minimum Gasteiger partial charge on any atom is -0.409 e. The molecule has 0 saturated heterocycles. The number of likely N-dealkylation sites (N-methyl/N-ethyl adjacent to an activating group) is 1. The van der Waals surface area contributed by atoms with E-state index in [0.29, 0.717) is 22.2 Å². The Hall–Kier alpha value is -1.46. The molecule has 0 aliphatic heterocycles. The molecule has 0 atom stereocenters. The van der Waals surface area contributed by atoms with Crippen LogP contribution in [0.5, 0.6) is 0 Å². The van der Waals surface area contributed by atoms with Crippen molar-refractivity contribution in [1.29, 1.82) is 0 Å².